The second kappa shape index (κ2) is 8.04. The van der Waals surface area contributed by atoms with Crippen molar-refractivity contribution in [2.45, 2.75) is 26.7 Å². The summed E-state index contributed by atoms with van der Waals surface area (Å²) in [6.45, 7) is 5.15. The Bertz CT molecular complexity index is 789. The molecule has 0 aromatic heterocycles. The van der Waals surface area contributed by atoms with E-state index in [1.165, 1.54) is 0 Å². The molecule has 1 aliphatic heterocycles. The van der Waals surface area contributed by atoms with E-state index < -0.39 is 0 Å². The lowest BCUT2D eigenvalue weighted by molar-refractivity contribution is -0.121. The van der Waals surface area contributed by atoms with Crippen molar-refractivity contribution in [3.8, 4) is 0 Å². The predicted octanol–water partition coefficient (Wildman–Crippen LogP) is 4.19. The normalized spacial score (nSPS) is 16.8. The molecule has 1 saturated heterocycles. The molecular weight excluding hydrogens is 326 g/mol. The van der Waals surface area contributed by atoms with Crippen LogP contribution in [0, 0.1) is 19.8 Å². The minimum absolute atomic E-state index is 0.0177. The first-order valence-corrected chi connectivity index (χ1v) is 9.02. The summed E-state index contributed by atoms with van der Waals surface area (Å²) in [5, 5.41) is 5.93. The van der Waals surface area contributed by atoms with E-state index >= 15 is 0 Å². The smallest absolute Gasteiger partial charge is 0.321 e. The molecule has 3 rings (SSSR count). The number of nitrogens with one attached hydrogen (secondary N) is 2. The van der Waals surface area contributed by atoms with Crippen molar-refractivity contribution < 1.29 is 9.59 Å². The fourth-order valence-corrected chi connectivity index (χ4v) is 3.22. The Morgan fingerprint density at radius 2 is 1.77 bits per heavy atom. The Morgan fingerprint density at radius 1 is 1.00 bits per heavy atom. The van der Waals surface area contributed by atoms with Crippen LogP contribution in [0.2, 0.25) is 0 Å². The Kier molecular flexibility index (Phi) is 5.56. The van der Waals surface area contributed by atoms with Crippen molar-refractivity contribution in [2.24, 2.45) is 5.92 Å². The zero-order valence-corrected chi connectivity index (χ0v) is 15.3. The van der Waals surface area contributed by atoms with E-state index in [1.54, 1.807) is 4.90 Å². The summed E-state index contributed by atoms with van der Waals surface area (Å²) in [7, 11) is 0. The third-order valence-corrected chi connectivity index (χ3v) is 4.97. The molecule has 1 heterocycles. The molecule has 0 spiro atoms. The van der Waals surface area contributed by atoms with Crippen molar-refractivity contribution in [1.82, 2.24) is 4.90 Å². The largest absolute Gasteiger partial charge is 0.326 e. The summed E-state index contributed by atoms with van der Waals surface area (Å²) < 4.78 is 0. The second-order valence-corrected chi connectivity index (χ2v) is 6.82. The third-order valence-electron chi connectivity index (χ3n) is 4.97. The maximum Gasteiger partial charge on any atom is 0.321 e. The molecule has 0 bridgehead atoms. The van der Waals surface area contributed by atoms with E-state index in [0.717, 1.165) is 35.3 Å². The summed E-state index contributed by atoms with van der Waals surface area (Å²) in [4.78, 5) is 26.9. The molecule has 1 aliphatic rings. The van der Waals surface area contributed by atoms with Crippen molar-refractivity contribution in [3.05, 3.63) is 59.7 Å². The lowest BCUT2D eigenvalue weighted by atomic mass is 9.97. The van der Waals surface area contributed by atoms with Gasteiger partial charge in [0.15, 0.2) is 0 Å². The molecule has 26 heavy (non-hydrogen) atoms. The summed E-state index contributed by atoms with van der Waals surface area (Å²) in [6.07, 6.45) is 1.62. The van der Waals surface area contributed by atoms with Gasteiger partial charge in [-0.3, -0.25) is 4.79 Å². The molecular formula is C21H25N3O2. The predicted molar refractivity (Wildman–Crippen MR) is 104 cm³/mol. The number of likely N-dealkylation sites (tertiary alicyclic amines) is 1. The molecule has 2 aromatic rings. The van der Waals surface area contributed by atoms with Crippen molar-refractivity contribution in [3.63, 3.8) is 0 Å². The lowest BCUT2D eigenvalue weighted by Crippen LogP contribution is -2.45. The average Bonchev–Trinajstić information content (AvgIpc) is 2.66. The van der Waals surface area contributed by atoms with Gasteiger partial charge in [-0.25, -0.2) is 4.79 Å². The Morgan fingerprint density at radius 3 is 2.54 bits per heavy atom. The minimum Gasteiger partial charge on any atom is -0.326 e. The standard InChI is InChI=1S/C21H25N3O2/c1-15-8-6-12-19(16(15)2)23-20(25)17-9-7-13-24(14-17)21(26)22-18-10-4-3-5-11-18/h3-6,8,10-12,17H,7,9,13-14H2,1-2H3,(H,22,26)(H,23,25)/t17-/m0/s1. The van der Waals surface area contributed by atoms with Gasteiger partial charge in [0, 0.05) is 24.5 Å². The van der Waals surface area contributed by atoms with Gasteiger partial charge in [0.05, 0.1) is 5.92 Å². The van der Waals surface area contributed by atoms with E-state index in [1.807, 2.05) is 62.4 Å². The van der Waals surface area contributed by atoms with Gasteiger partial charge in [0.2, 0.25) is 5.91 Å². The zero-order valence-electron chi connectivity index (χ0n) is 15.3. The van der Waals surface area contributed by atoms with Crippen molar-refractivity contribution in [2.75, 3.05) is 23.7 Å². The highest BCUT2D eigenvalue weighted by Gasteiger charge is 2.28. The number of benzene rings is 2. The van der Waals surface area contributed by atoms with E-state index in [-0.39, 0.29) is 17.9 Å². The number of para-hydroxylation sites is 1. The quantitative estimate of drug-likeness (QED) is 0.871. The monoisotopic (exact) mass is 351 g/mol. The van der Waals surface area contributed by atoms with Crippen LogP contribution in [0.5, 0.6) is 0 Å². The number of aryl methyl sites for hydroxylation is 1. The van der Waals surface area contributed by atoms with Gasteiger partial charge < -0.3 is 15.5 Å². The van der Waals surface area contributed by atoms with Crippen molar-refractivity contribution in [1.29, 1.82) is 0 Å². The van der Waals surface area contributed by atoms with Crippen LogP contribution >= 0.6 is 0 Å². The first-order valence-electron chi connectivity index (χ1n) is 9.02. The van der Waals surface area contributed by atoms with Crippen LogP contribution in [-0.2, 0) is 4.79 Å². The molecule has 0 saturated carbocycles. The molecule has 5 heteroatoms. The number of rotatable bonds is 3. The number of carbonyl (C=O) groups is 2. The summed E-state index contributed by atoms with van der Waals surface area (Å²) in [5.74, 6) is -0.207. The minimum atomic E-state index is -0.190. The number of hydrogen-bond acceptors (Lipinski definition) is 2. The van der Waals surface area contributed by atoms with Crippen LogP contribution < -0.4 is 10.6 Å². The van der Waals surface area contributed by atoms with Gasteiger partial charge in [-0.15, -0.1) is 0 Å². The van der Waals surface area contributed by atoms with Crippen LogP contribution in [0.4, 0.5) is 16.2 Å². The maximum absolute atomic E-state index is 12.7. The highest BCUT2D eigenvalue weighted by Crippen LogP contribution is 2.22. The van der Waals surface area contributed by atoms with Gasteiger partial charge in [0.1, 0.15) is 0 Å². The fourth-order valence-electron chi connectivity index (χ4n) is 3.22. The van der Waals surface area contributed by atoms with Gasteiger partial charge in [0.25, 0.3) is 0 Å². The average molecular weight is 351 g/mol. The van der Waals surface area contributed by atoms with Gasteiger partial charge in [-0.2, -0.15) is 0 Å². The Hall–Kier alpha value is -2.82. The van der Waals surface area contributed by atoms with E-state index in [2.05, 4.69) is 10.6 Å². The number of anilines is 2. The fraction of sp³-hybridized carbons (Fsp3) is 0.333. The lowest BCUT2D eigenvalue weighted by Gasteiger charge is -2.32. The maximum atomic E-state index is 12.7. The van der Waals surface area contributed by atoms with Crippen LogP contribution in [-0.4, -0.2) is 29.9 Å². The third kappa shape index (κ3) is 4.23. The second-order valence-electron chi connectivity index (χ2n) is 6.82. The van der Waals surface area contributed by atoms with E-state index in [0.29, 0.717) is 13.1 Å². The van der Waals surface area contributed by atoms with Crippen molar-refractivity contribution >= 4 is 23.3 Å². The zero-order chi connectivity index (χ0) is 18.5. The van der Waals surface area contributed by atoms with Crippen LogP contribution in [0.1, 0.15) is 24.0 Å². The molecule has 136 valence electrons. The van der Waals surface area contributed by atoms with Gasteiger partial charge >= 0.3 is 6.03 Å². The molecule has 3 amide bonds. The van der Waals surface area contributed by atoms with E-state index in [4.69, 9.17) is 0 Å². The molecule has 0 unspecified atom stereocenters. The molecule has 5 nitrogen and oxygen atoms in total. The molecule has 1 fully saturated rings. The van der Waals surface area contributed by atoms with Gasteiger partial charge in [-0.05, 0) is 56.0 Å². The SMILES string of the molecule is Cc1cccc(NC(=O)[C@H]2CCCN(C(=O)Nc3ccccc3)C2)c1C. The Labute approximate surface area is 154 Å². The number of carbonyl (C=O) groups excluding carboxylic acids is 2. The van der Waals surface area contributed by atoms with Crippen LogP contribution in [0.3, 0.4) is 0 Å². The van der Waals surface area contributed by atoms with Crippen LogP contribution in [0.15, 0.2) is 48.5 Å². The molecule has 1 atom stereocenters. The topological polar surface area (TPSA) is 61.4 Å². The summed E-state index contributed by atoms with van der Waals surface area (Å²) in [6, 6.07) is 15.1. The first kappa shape index (κ1) is 18.0. The molecule has 2 N–H and O–H groups in total. The van der Waals surface area contributed by atoms with E-state index in [9.17, 15) is 9.59 Å². The number of nitrogens with zero attached hydrogens (tertiary/aromatic N) is 1. The summed E-state index contributed by atoms with van der Waals surface area (Å²) >= 11 is 0. The number of amides is 3. The Balaban J connectivity index is 1.61. The highest BCUT2D eigenvalue weighted by atomic mass is 16.2. The molecule has 0 radical (unpaired) electrons. The van der Waals surface area contributed by atoms with Gasteiger partial charge in [-0.1, -0.05) is 30.3 Å². The molecule has 2 aromatic carbocycles. The van der Waals surface area contributed by atoms with Crippen LogP contribution in [0.25, 0.3) is 0 Å². The first-order chi connectivity index (χ1) is 12.5. The number of urea groups is 1. The highest BCUT2D eigenvalue weighted by molar-refractivity contribution is 5.94. The number of piperidine rings is 1. The molecule has 0 aliphatic carbocycles. The number of hydrogen-bond donors (Lipinski definition) is 2. The summed E-state index contributed by atoms with van der Waals surface area (Å²) in [5.41, 5.74) is 3.84.